The van der Waals surface area contributed by atoms with Gasteiger partial charge in [0.25, 0.3) is 0 Å². The first-order valence-electron chi connectivity index (χ1n) is 6.99. The van der Waals surface area contributed by atoms with Crippen LogP contribution in [0.4, 0.5) is 0 Å². The summed E-state index contributed by atoms with van der Waals surface area (Å²) in [5, 5.41) is 3.57. The van der Waals surface area contributed by atoms with Crippen molar-refractivity contribution in [3.63, 3.8) is 0 Å². The lowest BCUT2D eigenvalue weighted by Gasteiger charge is -2.40. The second kappa shape index (κ2) is 5.74. The predicted molar refractivity (Wildman–Crippen MR) is 80.9 cm³/mol. The maximum absolute atomic E-state index is 5.45. The van der Waals surface area contributed by atoms with Crippen LogP contribution in [0.3, 0.4) is 0 Å². The largest absolute Gasteiger partial charge is 0.493 e. The minimum atomic E-state index is 0.276. The molecule has 110 valence electrons. The van der Waals surface area contributed by atoms with E-state index in [-0.39, 0.29) is 6.79 Å². The topological polar surface area (TPSA) is 39.7 Å². The van der Waals surface area contributed by atoms with Crippen LogP contribution in [0.5, 0.6) is 17.2 Å². The second-order valence-corrected chi connectivity index (χ2v) is 6.65. The molecule has 20 heavy (non-hydrogen) atoms. The quantitative estimate of drug-likeness (QED) is 0.874. The lowest BCUT2D eigenvalue weighted by atomic mass is 9.84. The van der Waals surface area contributed by atoms with Crippen molar-refractivity contribution >= 4 is 11.8 Å². The Kier molecular flexibility index (Phi) is 3.98. The number of fused-ring (bicyclic) bond motifs is 1. The van der Waals surface area contributed by atoms with Gasteiger partial charge in [0, 0.05) is 17.8 Å². The van der Waals surface area contributed by atoms with Crippen LogP contribution in [0, 0.1) is 0 Å². The number of ether oxygens (including phenoxy) is 3. The Morgan fingerprint density at radius 1 is 1.35 bits per heavy atom. The number of hydrogen-bond acceptors (Lipinski definition) is 5. The van der Waals surface area contributed by atoms with Gasteiger partial charge in [-0.05, 0) is 36.8 Å². The summed E-state index contributed by atoms with van der Waals surface area (Å²) in [4.78, 5) is 0. The molecule has 2 aliphatic rings. The molecule has 1 saturated carbocycles. The summed E-state index contributed by atoms with van der Waals surface area (Å²) in [7, 11) is 1.66. The van der Waals surface area contributed by atoms with Crippen molar-refractivity contribution < 1.29 is 14.2 Å². The number of benzene rings is 1. The van der Waals surface area contributed by atoms with Crippen LogP contribution in [-0.2, 0) is 6.54 Å². The molecule has 1 aromatic carbocycles. The molecule has 1 N–H and O–H groups in total. The molecule has 0 atom stereocenters. The maximum atomic E-state index is 5.45. The number of hydrogen-bond donors (Lipinski definition) is 1. The van der Waals surface area contributed by atoms with Crippen LogP contribution >= 0.6 is 11.8 Å². The Morgan fingerprint density at radius 3 is 2.85 bits per heavy atom. The maximum Gasteiger partial charge on any atom is 0.231 e. The number of nitrogens with one attached hydrogen (secondary N) is 1. The zero-order chi connectivity index (χ0) is 14.0. The van der Waals surface area contributed by atoms with Crippen molar-refractivity contribution in [2.24, 2.45) is 0 Å². The Morgan fingerprint density at radius 2 is 2.20 bits per heavy atom. The van der Waals surface area contributed by atoms with Gasteiger partial charge in [-0.3, -0.25) is 0 Å². The van der Waals surface area contributed by atoms with E-state index in [0.717, 1.165) is 30.3 Å². The van der Waals surface area contributed by atoms with Gasteiger partial charge in [-0.2, -0.15) is 11.8 Å². The molecule has 1 fully saturated rings. The summed E-state index contributed by atoms with van der Waals surface area (Å²) in [6.07, 6.45) is 6.22. The molecule has 0 unspecified atom stereocenters. The normalized spacial score (nSPS) is 18.7. The molecule has 0 saturated heterocycles. The van der Waals surface area contributed by atoms with Gasteiger partial charge in [0.1, 0.15) is 0 Å². The van der Waals surface area contributed by atoms with E-state index in [0.29, 0.717) is 4.75 Å². The molecule has 1 heterocycles. The summed E-state index contributed by atoms with van der Waals surface area (Å²) >= 11 is 1.99. The van der Waals surface area contributed by atoms with Gasteiger partial charge >= 0.3 is 0 Å². The van der Waals surface area contributed by atoms with Crippen molar-refractivity contribution in [2.45, 2.75) is 30.6 Å². The molecule has 0 amide bonds. The third kappa shape index (κ3) is 2.56. The molecular weight excluding hydrogens is 274 g/mol. The molecule has 0 spiro atoms. The van der Waals surface area contributed by atoms with Crippen LogP contribution in [0.2, 0.25) is 0 Å². The summed E-state index contributed by atoms with van der Waals surface area (Å²) in [5.74, 6) is 2.25. The number of thioether (sulfide) groups is 1. The molecule has 0 radical (unpaired) electrons. The smallest absolute Gasteiger partial charge is 0.231 e. The van der Waals surface area contributed by atoms with Gasteiger partial charge in [-0.1, -0.05) is 6.42 Å². The van der Waals surface area contributed by atoms with Crippen LogP contribution in [0.15, 0.2) is 12.1 Å². The molecule has 1 aromatic rings. The van der Waals surface area contributed by atoms with Gasteiger partial charge in [0.15, 0.2) is 11.5 Å². The Labute approximate surface area is 124 Å². The first kappa shape index (κ1) is 13.9. The van der Waals surface area contributed by atoms with Gasteiger partial charge < -0.3 is 19.5 Å². The van der Waals surface area contributed by atoms with Gasteiger partial charge in [-0.15, -0.1) is 0 Å². The molecule has 0 bridgehead atoms. The van der Waals surface area contributed by atoms with E-state index in [9.17, 15) is 0 Å². The van der Waals surface area contributed by atoms with Crippen molar-refractivity contribution in [1.82, 2.24) is 5.32 Å². The fourth-order valence-corrected chi connectivity index (χ4v) is 3.69. The van der Waals surface area contributed by atoms with Crippen molar-refractivity contribution in [3.05, 3.63) is 17.7 Å². The van der Waals surface area contributed by atoms with E-state index < -0.39 is 0 Å². The van der Waals surface area contributed by atoms with Crippen molar-refractivity contribution in [1.29, 1.82) is 0 Å². The molecule has 1 aliphatic carbocycles. The molecule has 0 aromatic heterocycles. The van der Waals surface area contributed by atoms with Crippen molar-refractivity contribution in [3.8, 4) is 17.2 Å². The first-order valence-corrected chi connectivity index (χ1v) is 8.21. The van der Waals surface area contributed by atoms with Crippen LogP contribution < -0.4 is 19.5 Å². The lowest BCUT2D eigenvalue weighted by Crippen LogP contribution is -2.43. The standard InChI is InChI=1S/C15H21NO3S/c1-17-12-6-11(7-13-14(12)19-10-18-13)8-16-9-15(20-2)4-3-5-15/h6-7,16H,3-5,8-10H2,1-2H3. The summed E-state index contributed by atoms with van der Waals surface area (Å²) in [5.41, 5.74) is 1.17. The Bertz CT molecular complexity index is 483. The Hall–Kier alpha value is -1.07. The molecule has 1 aliphatic heterocycles. The van der Waals surface area contributed by atoms with Gasteiger partial charge in [0.05, 0.1) is 7.11 Å². The van der Waals surface area contributed by atoms with E-state index in [2.05, 4.69) is 11.6 Å². The van der Waals surface area contributed by atoms with E-state index >= 15 is 0 Å². The van der Waals surface area contributed by atoms with Gasteiger partial charge in [0.2, 0.25) is 12.5 Å². The zero-order valence-corrected chi connectivity index (χ0v) is 12.8. The highest BCUT2D eigenvalue weighted by molar-refractivity contribution is 8.00. The molecular formula is C15H21NO3S. The fraction of sp³-hybridized carbons (Fsp3) is 0.600. The van der Waals surface area contributed by atoms with Crippen molar-refractivity contribution in [2.75, 3.05) is 26.7 Å². The van der Waals surface area contributed by atoms with E-state index in [1.54, 1.807) is 7.11 Å². The number of methoxy groups -OCH3 is 1. The predicted octanol–water partition coefficient (Wildman–Crippen LogP) is 2.80. The minimum absolute atomic E-state index is 0.276. The zero-order valence-electron chi connectivity index (χ0n) is 12.0. The van der Waals surface area contributed by atoms with Crippen LogP contribution in [0.25, 0.3) is 0 Å². The molecule has 5 heteroatoms. The van der Waals surface area contributed by atoms with Crippen LogP contribution in [0.1, 0.15) is 24.8 Å². The third-order valence-corrected chi connectivity index (χ3v) is 5.61. The molecule has 4 nitrogen and oxygen atoms in total. The lowest BCUT2D eigenvalue weighted by molar-refractivity contribution is 0.171. The number of rotatable bonds is 6. The average Bonchev–Trinajstić information content (AvgIpc) is 2.89. The first-order chi connectivity index (χ1) is 9.76. The van der Waals surface area contributed by atoms with Crippen LogP contribution in [-0.4, -0.2) is 31.5 Å². The summed E-state index contributed by atoms with van der Waals surface area (Å²) < 4.78 is 16.7. The minimum Gasteiger partial charge on any atom is -0.493 e. The van der Waals surface area contributed by atoms with E-state index in [1.165, 1.54) is 24.8 Å². The summed E-state index contributed by atoms with van der Waals surface area (Å²) in [6, 6.07) is 4.05. The molecule has 3 rings (SSSR count). The van der Waals surface area contributed by atoms with Gasteiger partial charge in [-0.25, -0.2) is 0 Å². The van der Waals surface area contributed by atoms with E-state index in [1.807, 2.05) is 23.9 Å². The highest BCUT2D eigenvalue weighted by Gasteiger charge is 2.35. The Balaban J connectivity index is 1.63. The van der Waals surface area contributed by atoms with E-state index in [4.69, 9.17) is 14.2 Å². The fourth-order valence-electron chi connectivity index (χ4n) is 2.74. The second-order valence-electron chi connectivity index (χ2n) is 5.38. The summed E-state index contributed by atoms with van der Waals surface area (Å²) in [6.45, 7) is 2.17. The SMILES string of the molecule is COc1cc(CNCC2(SC)CCC2)cc2c1OCO2. The average molecular weight is 295 g/mol. The highest BCUT2D eigenvalue weighted by Crippen LogP contribution is 2.43. The monoisotopic (exact) mass is 295 g/mol. The third-order valence-electron chi connectivity index (χ3n) is 4.19. The highest BCUT2D eigenvalue weighted by atomic mass is 32.2.